The Bertz CT molecular complexity index is 1030. The van der Waals surface area contributed by atoms with Gasteiger partial charge in [0.2, 0.25) is 5.75 Å². The van der Waals surface area contributed by atoms with Crippen LogP contribution in [0.2, 0.25) is 0 Å². The molecule has 0 fully saturated rings. The highest BCUT2D eigenvalue weighted by Crippen LogP contribution is 2.48. The Hall–Kier alpha value is -3.49. The lowest BCUT2D eigenvalue weighted by atomic mass is 9.69. The second kappa shape index (κ2) is 9.56. The topological polar surface area (TPSA) is 120 Å². The molecule has 1 aromatic rings. The van der Waals surface area contributed by atoms with Crippen molar-refractivity contribution in [1.29, 1.82) is 0 Å². The van der Waals surface area contributed by atoms with Gasteiger partial charge in [0.05, 0.1) is 33.5 Å². The lowest BCUT2D eigenvalue weighted by Crippen LogP contribution is -2.43. The number of carbonyl (C=O) groups excluding carboxylic acids is 3. The molecule has 1 aromatic carbocycles. The van der Waals surface area contributed by atoms with Crippen molar-refractivity contribution in [2.24, 2.45) is 11.8 Å². The second-order valence-corrected chi connectivity index (χ2v) is 8.03. The summed E-state index contributed by atoms with van der Waals surface area (Å²) in [6.07, 6.45) is 0.414. The predicted molar refractivity (Wildman–Crippen MR) is 118 cm³/mol. The lowest BCUT2D eigenvalue weighted by Gasteiger charge is -2.38. The van der Waals surface area contributed by atoms with E-state index in [9.17, 15) is 19.5 Å². The first-order valence-corrected chi connectivity index (χ1v) is 10.6. The summed E-state index contributed by atoms with van der Waals surface area (Å²) in [5.74, 6) is -3.77. The van der Waals surface area contributed by atoms with Crippen LogP contribution in [-0.2, 0) is 23.9 Å². The summed E-state index contributed by atoms with van der Waals surface area (Å²) in [6.45, 7) is 5.38. The lowest BCUT2D eigenvalue weighted by molar-refractivity contribution is -0.151. The maximum absolute atomic E-state index is 13.7. The molecule has 0 saturated heterocycles. The van der Waals surface area contributed by atoms with Crippen LogP contribution in [0.25, 0.3) is 0 Å². The number of Topliss-reactive ketones (excluding diaryl/α,β-unsaturated/α-hetero) is 1. The zero-order chi connectivity index (χ0) is 24.4. The molecular formula is C24H29NO8. The fourth-order valence-corrected chi connectivity index (χ4v) is 4.57. The van der Waals surface area contributed by atoms with Gasteiger partial charge in [-0.2, -0.15) is 0 Å². The first-order chi connectivity index (χ1) is 15.7. The maximum atomic E-state index is 13.7. The number of nitrogens with one attached hydrogen (secondary N) is 1. The Balaban J connectivity index is 2.28. The van der Waals surface area contributed by atoms with E-state index in [1.807, 2.05) is 6.92 Å². The molecule has 2 N–H and O–H groups in total. The van der Waals surface area contributed by atoms with E-state index in [4.69, 9.17) is 18.9 Å². The van der Waals surface area contributed by atoms with Gasteiger partial charge in [0.1, 0.15) is 5.92 Å². The average Bonchev–Trinajstić information content (AvgIpc) is 2.78. The van der Waals surface area contributed by atoms with Gasteiger partial charge >= 0.3 is 11.9 Å². The Kier molecular flexibility index (Phi) is 7.00. The molecule has 178 valence electrons. The summed E-state index contributed by atoms with van der Waals surface area (Å²) >= 11 is 0. The van der Waals surface area contributed by atoms with Crippen LogP contribution in [0.4, 0.5) is 0 Å². The van der Waals surface area contributed by atoms with E-state index >= 15 is 0 Å². The molecule has 33 heavy (non-hydrogen) atoms. The quantitative estimate of drug-likeness (QED) is 0.488. The molecular weight excluding hydrogens is 430 g/mol. The van der Waals surface area contributed by atoms with Gasteiger partial charge in [-0.1, -0.05) is 6.92 Å². The number of carbonyl (C=O) groups is 3. The van der Waals surface area contributed by atoms with Crippen LogP contribution in [0, 0.1) is 11.8 Å². The number of dihydropyridines is 1. The summed E-state index contributed by atoms with van der Waals surface area (Å²) in [5.41, 5.74) is 2.17. The smallest absolute Gasteiger partial charge is 0.336 e. The van der Waals surface area contributed by atoms with E-state index in [2.05, 4.69) is 5.32 Å². The van der Waals surface area contributed by atoms with Crippen LogP contribution in [0.3, 0.4) is 0 Å². The predicted octanol–water partition coefficient (Wildman–Crippen LogP) is 2.59. The molecule has 1 aliphatic carbocycles. The monoisotopic (exact) mass is 459 g/mol. The zero-order valence-corrected chi connectivity index (χ0v) is 19.6. The van der Waals surface area contributed by atoms with Gasteiger partial charge in [-0.25, -0.2) is 4.79 Å². The van der Waals surface area contributed by atoms with Crippen molar-refractivity contribution in [1.82, 2.24) is 5.32 Å². The molecule has 0 unspecified atom stereocenters. The van der Waals surface area contributed by atoms with Gasteiger partial charge < -0.3 is 29.4 Å². The highest BCUT2D eigenvalue weighted by Gasteiger charge is 2.47. The van der Waals surface area contributed by atoms with Crippen molar-refractivity contribution in [2.45, 2.75) is 33.1 Å². The highest BCUT2D eigenvalue weighted by atomic mass is 16.5. The van der Waals surface area contributed by atoms with Crippen LogP contribution in [0.5, 0.6) is 17.2 Å². The van der Waals surface area contributed by atoms with Crippen LogP contribution in [0.1, 0.15) is 38.7 Å². The molecule has 3 atom stereocenters. The summed E-state index contributed by atoms with van der Waals surface area (Å²) in [5, 5.41) is 13.6. The van der Waals surface area contributed by atoms with E-state index in [1.54, 1.807) is 26.0 Å². The normalized spacial score (nSPS) is 22.4. The Morgan fingerprint density at radius 3 is 2.27 bits per heavy atom. The first kappa shape index (κ1) is 24.2. The van der Waals surface area contributed by atoms with Crippen LogP contribution in [0.15, 0.2) is 34.7 Å². The summed E-state index contributed by atoms with van der Waals surface area (Å²) in [7, 11) is 4.02. The van der Waals surface area contributed by atoms with Gasteiger partial charge in [0, 0.05) is 22.9 Å². The molecule has 9 heteroatoms. The molecule has 0 saturated carbocycles. The third-order valence-electron chi connectivity index (χ3n) is 6.07. The molecule has 9 nitrogen and oxygen atoms in total. The molecule has 0 bridgehead atoms. The highest BCUT2D eigenvalue weighted by molar-refractivity contribution is 6.12. The number of phenolic OH excluding ortho intramolecular Hbond substituents is 1. The van der Waals surface area contributed by atoms with Crippen molar-refractivity contribution in [2.75, 3.05) is 27.9 Å². The number of ketones is 1. The van der Waals surface area contributed by atoms with Crippen molar-refractivity contribution in [3.8, 4) is 17.2 Å². The third kappa shape index (κ3) is 4.15. The number of allylic oxidation sites excluding steroid dienone is 3. The molecule has 2 aliphatic rings. The maximum Gasteiger partial charge on any atom is 0.336 e. The minimum Gasteiger partial charge on any atom is -0.502 e. The summed E-state index contributed by atoms with van der Waals surface area (Å²) in [6, 6.07) is 3.09. The van der Waals surface area contributed by atoms with E-state index in [0.29, 0.717) is 23.4 Å². The number of ether oxygens (including phenoxy) is 4. The van der Waals surface area contributed by atoms with E-state index in [1.165, 1.54) is 21.3 Å². The Morgan fingerprint density at radius 1 is 1.15 bits per heavy atom. The standard InChI is InChI=1S/C24H29NO8/c1-7-33-24(29)18-12(3)25-14-8-11(2)17(23(28)32-6)22(27)20(14)19(18)13-9-15(30-4)21(26)16(10-13)31-5/h9-11,17,19,25-26H,7-8H2,1-6H3/t11-,17+,19-/m0/s1. The number of hydrogen-bond acceptors (Lipinski definition) is 9. The number of rotatable bonds is 6. The number of hydrogen-bond donors (Lipinski definition) is 2. The van der Waals surface area contributed by atoms with E-state index < -0.39 is 29.6 Å². The molecule has 1 heterocycles. The van der Waals surface area contributed by atoms with E-state index in [0.717, 1.165) is 0 Å². The van der Waals surface area contributed by atoms with Crippen molar-refractivity contribution >= 4 is 17.7 Å². The van der Waals surface area contributed by atoms with Gasteiger partial charge in [0.15, 0.2) is 17.3 Å². The molecule has 0 radical (unpaired) electrons. The van der Waals surface area contributed by atoms with E-state index in [-0.39, 0.29) is 40.9 Å². The molecule has 0 amide bonds. The fraction of sp³-hybridized carbons (Fsp3) is 0.458. The molecule has 0 spiro atoms. The summed E-state index contributed by atoms with van der Waals surface area (Å²) < 4.78 is 20.8. The third-order valence-corrected chi connectivity index (χ3v) is 6.07. The first-order valence-electron chi connectivity index (χ1n) is 10.6. The molecule has 1 aliphatic heterocycles. The molecule has 0 aromatic heterocycles. The zero-order valence-electron chi connectivity index (χ0n) is 19.6. The Labute approximate surface area is 192 Å². The number of esters is 2. The number of benzene rings is 1. The largest absolute Gasteiger partial charge is 0.502 e. The summed E-state index contributed by atoms with van der Waals surface area (Å²) in [4.78, 5) is 39.2. The van der Waals surface area contributed by atoms with Crippen molar-refractivity contribution < 1.29 is 38.4 Å². The number of phenols is 1. The average molecular weight is 459 g/mol. The van der Waals surface area contributed by atoms with Gasteiger partial charge in [-0.15, -0.1) is 0 Å². The van der Waals surface area contributed by atoms with Gasteiger partial charge in [0.25, 0.3) is 0 Å². The number of methoxy groups -OCH3 is 3. The SMILES string of the molecule is CCOC(=O)C1=C(C)NC2=C(C(=O)[C@H](C(=O)OC)[C@@H](C)C2)[C@H]1c1cc(OC)c(O)c(OC)c1. The Morgan fingerprint density at radius 2 is 1.76 bits per heavy atom. The van der Waals surface area contributed by atoms with Crippen LogP contribution in [-0.4, -0.2) is 50.8 Å². The fourth-order valence-electron chi connectivity index (χ4n) is 4.57. The second-order valence-electron chi connectivity index (χ2n) is 8.03. The molecule has 3 rings (SSSR count). The number of aromatic hydroxyl groups is 1. The van der Waals surface area contributed by atoms with Gasteiger partial charge in [-0.3, -0.25) is 9.59 Å². The minimum absolute atomic E-state index is 0.118. The van der Waals surface area contributed by atoms with Crippen LogP contribution >= 0.6 is 0 Å². The minimum atomic E-state index is -0.999. The van der Waals surface area contributed by atoms with Crippen molar-refractivity contribution in [3.63, 3.8) is 0 Å². The van der Waals surface area contributed by atoms with Crippen LogP contribution < -0.4 is 14.8 Å². The van der Waals surface area contributed by atoms with Gasteiger partial charge in [-0.05, 0) is 43.9 Å². The van der Waals surface area contributed by atoms with Crippen molar-refractivity contribution in [3.05, 3.63) is 40.2 Å².